The summed E-state index contributed by atoms with van der Waals surface area (Å²) in [5.74, 6) is -5.75. The Morgan fingerprint density at radius 2 is 1.74 bits per heavy atom. The SMILES string of the molecule is CCOS(=O)(=O)c1ccc(C)cc1NS(=O)(=O)NCC(=O)N(c1cccc(F)c1)[C@H](C(=O)NC1CC(F)(F)C1)c1ccccc1Cl. The molecule has 3 N–H and O–H groups in total. The van der Waals surface area contributed by atoms with Crippen molar-refractivity contribution in [3.05, 3.63) is 88.7 Å². The number of aryl methyl sites for hydroxylation is 1. The van der Waals surface area contributed by atoms with E-state index >= 15 is 0 Å². The predicted octanol–water partition coefficient (Wildman–Crippen LogP) is 4.45. The lowest BCUT2D eigenvalue weighted by molar-refractivity contribution is -0.132. The third kappa shape index (κ3) is 8.55. The van der Waals surface area contributed by atoms with Crippen LogP contribution in [0.3, 0.4) is 0 Å². The van der Waals surface area contributed by atoms with Crippen LogP contribution in [0.15, 0.2) is 71.6 Å². The number of alkyl halides is 2. The second-order valence-electron chi connectivity index (χ2n) is 10.4. The van der Waals surface area contributed by atoms with Crippen molar-refractivity contribution in [3.63, 3.8) is 0 Å². The van der Waals surface area contributed by atoms with E-state index in [2.05, 4.69) is 10.0 Å². The molecule has 0 heterocycles. The van der Waals surface area contributed by atoms with Gasteiger partial charge in [-0.05, 0) is 55.8 Å². The van der Waals surface area contributed by atoms with Gasteiger partial charge in [-0.1, -0.05) is 41.9 Å². The summed E-state index contributed by atoms with van der Waals surface area (Å²) in [4.78, 5) is 27.8. The molecule has 1 fully saturated rings. The van der Waals surface area contributed by atoms with Crippen molar-refractivity contribution in [2.75, 3.05) is 22.8 Å². The van der Waals surface area contributed by atoms with E-state index in [4.69, 9.17) is 15.8 Å². The first kappa shape index (κ1) is 35.2. The van der Waals surface area contributed by atoms with Crippen LogP contribution in [-0.4, -0.2) is 53.8 Å². The number of hydrogen-bond acceptors (Lipinski definition) is 7. The number of halogens is 4. The van der Waals surface area contributed by atoms with Crippen LogP contribution in [0.2, 0.25) is 5.02 Å². The molecule has 1 aliphatic rings. The second-order valence-corrected chi connectivity index (χ2v) is 13.9. The molecule has 0 unspecified atom stereocenters. The molecule has 248 valence electrons. The molecule has 0 saturated heterocycles. The van der Waals surface area contributed by atoms with Crippen LogP contribution in [0.1, 0.15) is 36.9 Å². The van der Waals surface area contributed by atoms with Crippen LogP contribution in [0.5, 0.6) is 0 Å². The molecule has 1 aliphatic carbocycles. The summed E-state index contributed by atoms with van der Waals surface area (Å²) in [7, 11) is -9.02. The van der Waals surface area contributed by atoms with Crippen molar-refractivity contribution < 1.29 is 43.8 Å². The molecule has 0 aromatic heterocycles. The smallest absolute Gasteiger partial charge is 0.299 e. The van der Waals surface area contributed by atoms with E-state index in [0.29, 0.717) is 5.56 Å². The van der Waals surface area contributed by atoms with Crippen molar-refractivity contribution in [2.24, 2.45) is 0 Å². The average molecular weight is 703 g/mol. The first-order valence-electron chi connectivity index (χ1n) is 13.8. The van der Waals surface area contributed by atoms with Gasteiger partial charge in [-0.25, -0.2) is 13.2 Å². The van der Waals surface area contributed by atoms with Gasteiger partial charge in [0.1, 0.15) is 16.8 Å². The van der Waals surface area contributed by atoms with Crippen molar-refractivity contribution in [1.82, 2.24) is 10.0 Å². The molecule has 11 nitrogen and oxygen atoms in total. The van der Waals surface area contributed by atoms with E-state index in [1.54, 1.807) is 13.0 Å². The van der Waals surface area contributed by atoms with E-state index in [1.807, 2.05) is 4.72 Å². The maximum absolute atomic E-state index is 14.4. The number of benzene rings is 3. The zero-order chi connectivity index (χ0) is 33.9. The van der Waals surface area contributed by atoms with E-state index in [-0.39, 0.29) is 28.6 Å². The van der Waals surface area contributed by atoms with Gasteiger partial charge in [0.2, 0.25) is 11.8 Å². The molecule has 4 rings (SSSR count). The van der Waals surface area contributed by atoms with Crippen LogP contribution < -0.4 is 19.7 Å². The molecule has 0 spiro atoms. The molecule has 3 aromatic rings. The summed E-state index contributed by atoms with van der Waals surface area (Å²) in [6.07, 6.45) is -1.26. The maximum atomic E-state index is 14.4. The number of nitrogens with zero attached hydrogens (tertiary/aromatic N) is 1. The fraction of sp³-hybridized carbons (Fsp3) is 0.310. The minimum absolute atomic E-state index is 0.0144. The normalized spacial score (nSPS) is 15.4. The molecule has 3 aromatic carbocycles. The molecule has 1 atom stereocenters. The Morgan fingerprint density at radius 3 is 2.37 bits per heavy atom. The van der Waals surface area contributed by atoms with Crippen LogP contribution in [0.25, 0.3) is 0 Å². The van der Waals surface area contributed by atoms with Crippen LogP contribution in [0, 0.1) is 12.7 Å². The Labute approximate surface area is 269 Å². The van der Waals surface area contributed by atoms with Crippen molar-refractivity contribution in [2.45, 2.75) is 49.6 Å². The van der Waals surface area contributed by atoms with Gasteiger partial charge >= 0.3 is 0 Å². The van der Waals surface area contributed by atoms with Crippen LogP contribution in [0.4, 0.5) is 24.5 Å². The van der Waals surface area contributed by atoms with Gasteiger partial charge < -0.3 is 5.32 Å². The lowest BCUT2D eigenvalue weighted by Gasteiger charge is -2.38. The number of carbonyl (C=O) groups is 2. The van der Waals surface area contributed by atoms with Crippen molar-refractivity contribution >= 4 is 55.1 Å². The van der Waals surface area contributed by atoms with Gasteiger partial charge in [0.15, 0.2) is 0 Å². The maximum Gasteiger partial charge on any atom is 0.299 e. The van der Waals surface area contributed by atoms with Gasteiger partial charge in [0.05, 0.1) is 18.8 Å². The Hall–Kier alpha value is -3.70. The predicted molar refractivity (Wildman–Crippen MR) is 165 cm³/mol. The third-order valence-electron chi connectivity index (χ3n) is 6.83. The lowest BCUT2D eigenvalue weighted by atomic mass is 9.87. The summed E-state index contributed by atoms with van der Waals surface area (Å²) in [6.45, 7) is 1.80. The van der Waals surface area contributed by atoms with E-state index in [0.717, 1.165) is 23.1 Å². The Kier molecular flexibility index (Phi) is 10.7. The number of hydrogen-bond donors (Lipinski definition) is 3. The first-order chi connectivity index (χ1) is 21.5. The van der Waals surface area contributed by atoms with Gasteiger partial charge in [-0.15, -0.1) is 0 Å². The Balaban J connectivity index is 1.67. The molecule has 0 aliphatic heterocycles. The standard InChI is InChI=1S/C29H30ClF3N4O7S2/c1-3-44-45(40,41)25-12-11-18(2)13-24(25)36-46(42,43)34-17-26(38)37(21-8-6-7-19(31)14-21)27(22-9-4-5-10-23(22)30)28(39)35-20-15-29(32,33)16-20/h4-14,20,27,34,36H,3,15-17H2,1-2H3,(H,35,39)/t27-/m0/s1. The lowest BCUT2D eigenvalue weighted by Crippen LogP contribution is -2.55. The highest BCUT2D eigenvalue weighted by molar-refractivity contribution is 7.91. The minimum Gasteiger partial charge on any atom is -0.351 e. The zero-order valence-corrected chi connectivity index (χ0v) is 26.9. The molecule has 0 radical (unpaired) electrons. The summed E-state index contributed by atoms with van der Waals surface area (Å²) in [5, 5.41) is 2.49. The molecule has 2 amide bonds. The number of carbonyl (C=O) groups excluding carboxylic acids is 2. The van der Waals surface area contributed by atoms with Gasteiger partial charge in [-0.2, -0.15) is 21.6 Å². The molecular formula is C29H30ClF3N4O7S2. The van der Waals surface area contributed by atoms with Crippen molar-refractivity contribution in [1.29, 1.82) is 0 Å². The highest BCUT2D eigenvalue weighted by Gasteiger charge is 2.47. The molecule has 0 bridgehead atoms. The highest BCUT2D eigenvalue weighted by atomic mass is 35.5. The molecule has 1 saturated carbocycles. The molecule has 17 heteroatoms. The molecular weight excluding hydrogens is 673 g/mol. The Morgan fingerprint density at radius 1 is 1.04 bits per heavy atom. The summed E-state index contributed by atoms with van der Waals surface area (Å²) >= 11 is 6.39. The van der Waals surface area contributed by atoms with Crippen LogP contribution >= 0.6 is 11.6 Å². The topological polar surface area (TPSA) is 151 Å². The number of amides is 2. The van der Waals surface area contributed by atoms with Crippen LogP contribution in [-0.2, 0) is 34.1 Å². The Bertz CT molecular complexity index is 1840. The monoisotopic (exact) mass is 702 g/mol. The van der Waals surface area contributed by atoms with E-state index in [9.17, 15) is 39.6 Å². The number of rotatable bonds is 13. The quantitative estimate of drug-likeness (QED) is 0.223. The largest absolute Gasteiger partial charge is 0.351 e. The number of anilines is 2. The van der Waals surface area contributed by atoms with E-state index < -0.39 is 80.2 Å². The third-order valence-corrected chi connectivity index (χ3v) is 9.63. The minimum atomic E-state index is -4.67. The van der Waals surface area contributed by atoms with Gasteiger partial charge in [-0.3, -0.25) is 23.4 Å². The number of nitrogens with one attached hydrogen (secondary N) is 3. The fourth-order valence-corrected chi connectivity index (χ4v) is 6.98. The highest BCUT2D eigenvalue weighted by Crippen LogP contribution is 2.39. The van der Waals surface area contributed by atoms with Gasteiger partial charge in [0, 0.05) is 35.2 Å². The van der Waals surface area contributed by atoms with E-state index in [1.165, 1.54) is 49.4 Å². The molecule has 46 heavy (non-hydrogen) atoms. The first-order valence-corrected chi connectivity index (χ1v) is 17.1. The van der Waals surface area contributed by atoms with Crippen molar-refractivity contribution in [3.8, 4) is 0 Å². The summed E-state index contributed by atoms with van der Waals surface area (Å²) in [6, 6.07) is 11.7. The van der Waals surface area contributed by atoms with Gasteiger partial charge in [0.25, 0.3) is 26.2 Å². The fourth-order valence-electron chi connectivity index (χ4n) is 4.78. The average Bonchev–Trinajstić information content (AvgIpc) is 2.94. The summed E-state index contributed by atoms with van der Waals surface area (Å²) < 4.78 is 102. The summed E-state index contributed by atoms with van der Waals surface area (Å²) in [5.41, 5.74) is 0.0251. The second kappa shape index (κ2) is 14.0. The zero-order valence-electron chi connectivity index (χ0n) is 24.5.